The molecule has 1 heterocycles. The summed E-state index contributed by atoms with van der Waals surface area (Å²) in [7, 11) is 0. The Morgan fingerprint density at radius 2 is 1.92 bits per heavy atom. The predicted molar refractivity (Wildman–Crippen MR) is 77.4 cm³/mol. The number of ether oxygens (including phenoxy) is 2. The first-order valence-electron chi connectivity index (χ1n) is 7.59. The Morgan fingerprint density at radius 1 is 1.29 bits per heavy atom. The number of carbonyl (C=O) groups excluding carboxylic acids is 2. The molecule has 9 heteroatoms. The summed E-state index contributed by atoms with van der Waals surface area (Å²) in [6.07, 6.45) is -3.54. The van der Waals surface area contributed by atoms with Gasteiger partial charge in [-0.25, -0.2) is 9.80 Å². The van der Waals surface area contributed by atoms with Crippen molar-refractivity contribution >= 4 is 11.9 Å². The smallest absolute Gasteiger partial charge is 0.429 e. The van der Waals surface area contributed by atoms with Gasteiger partial charge in [-0.2, -0.15) is 18.6 Å². The molecular formula is C15H21F3N2O4. The van der Waals surface area contributed by atoms with Crippen molar-refractivity contribution in [3.8, 4) is 0 Å². The summed E-state index contributed by atoms with van der Waals surface area (Å²) < 4.78 is 48.7. The molecule has 1 unspecified atom stereocenters. The number of alkyl halides is 3. The minimum absolute atomic E-state index is 0.0176. The quantitative estimate of drug-likeness (QED) is 0.826. The second-order valence-electron chi connectivity index (χ2n) is 7.05. The summed E-state index contributed by atoms with van der Waals surface area (Å²) in [6.45, 7) is 4.69. The molecule has 1 N–H and O–H groups in total. The predicted octanol–water partition coefficient (Wildman–Crippen LogP) is 2.90. The van der Waals surface area contributed by atoms with Gasteiger partial charge in [-0.15, -0.1) is 0 Å². The number of nitrogens with zero attached hydrogens (tertiary/aromatic N) is 1. The number of hydrogen-bond donors (Lipinski definition) is 1. The van der Waals surface area contributed by atoms with Crippen molar-refractivity contribution in [3.63, 3.8) is 0 Å². The molecule has 1 atom stereocenters. The lowest BCUT2D eigenvalue weighted by atomic mass is 9.99. The fourth-order valence-electron chi connectivity index (χ4n) is 2.23. The summed E-state index contributed by atoms with van der Waals surface area (Å²) >= 11 is 0. The lowest BCUT2D eigenvalue weighted by Gasteiger charge is -2.24. The summed E-state index contributed by atoms with van der Waals surface area (Å²) in [6, 6.07) is 0. The third-order valence-electron chi connectivity index (χ3n) is 3.68. The topological polar surface area (TPSA) is 67.9 Å². The van der Waals surface area contributed by atoms with Crippen LogP contribution >= 0.6 is 0 Å². The first-order chi connectivity index (χ1) is 10.9. The van der Waals surface area contributed by atoms with E-state index < -0.39 is 48.3 Å². The van der Waals surface area contributed by atoms with Crippen molar-refractivity contribution in [1.29, 1.82) is 0 Å². The standard InChI is InChI=1S/C15H21F3N2O4/c1-13(2,3)24-12(22)20-7-4-11(19-20)23-9-10(21)8-14(5-6-14)15(16,17)18/h4,7,11,19H,5-6,8-9H2,1-3H3. The number of Topliss-reactive ketones (excluding diaryl/α,β-unsaturated/α-hetero) is 1. The van der Waals surface area contributed by atoms with Gasteiger partial charge in [0.25, 0.3) is 0 Å². The molecule has 6 nitrogen and oxygen atoms in total. The number of ketones is 1. The lowest BCUT2D eigenvalue weighted by molar-refractivity contribution is -0.191. The van der Waals surface area contributed by atoms with Crippen molar-refractivity contribution in [3.05, 3.63) is 12.3 Å². The van der Waals surface area contributed by atoms with Gasteiger partial charge in [0.05, 0.1) is 5.41 Å². The minimum Gasteiger partial charge on any atom is -0.442 e. The largest absolute Gasteiger partial charge is 0.442 e. The molecule has 0 spiro atoms. The van der Waals surface area contributed by atoms with Crippen molar-refractivity contribution < 1.29 is 32.2 Å². The van der Waals surface area contributed by atoms with Crippen molar-refractivity contribution in [1.82, 2.24) is 10.4 Å². The Kier molecular flexibility index (Phi) is 4.96. The SMILES string of the molecule is CC(C)(C)OC(=O)N1C=CC(OCC(=O)CC2(C(F)(F)F)CC2)N1. The number of carbonyl (C=O) groups is 2. The highest BCUT2D eigenvalue weighted by atomic mass is 19.4. The van der Waals surface area contributed by atoms with E-state index in [1.54, 1.807) is 20.8 Å². The van der Waals surface area contributed by atoms with Crippen LogP contribution in [-0.4, -0.2) is 41.5 Å². The molecule has 136 valence electrons. The molecule has 1 aliphatic heterocycles. The van der Waals surface area contributed by atoms with Crippen molar-refractivity contribution in [2.45, 2.75) is 58.0 Å². The average Bonchev–Trinajstić information content (AvgIpc) is 3.04. The van der Waals surface area contributed by atoms with Crippen LogP contribution < -0.4 is 5.43 Å². The molecule has 0 aromatic heterocycles. The summed E-state index contributed by atoms with van der Waals surface area (Å²) in [5, 5.41) is 1.05. The number of hydrazine groups is 1. The number of hydrogen-bond acceptors (Lipinski definition) is 5. The van der Waals surface area contributed by atoms with Crippen LogP contribution in [0.1, 0.15) is 40.0 Å². The Labute approximate surface area is 137 Å². The zero-order chi connectivity index (χ0) is 18.2. The summed E-state index contributed by atoms with van der Waals surface area (Å²) in [5.74, 6) is -0.615. The minimum atomic E-state index is -4.36. The van der Waals surface area contributed by atoms with Crippen molar-refractivity contribution in [2.24, 2.45) is 5.41 Å². The molecule has 0 radical (unpaired) electrons. The van der Waals surface area contributed by atoms with Crippen LogP contribution in [-0.2, 0) is 14.3 Å². The second-order valence-corrected chi connectivity index (χ2v) is 7.05. The van der Waals surface area contributed by atoms with E-state index in [2.05, 4.69) is 5.43 Å². The van der Waals surface area contributed by atoms with E-state index in [1.165, 1.54) is 12.3 Å². The van der Waals surface area contributed by atoms with Crippen LogP contribution in [0.3, 0.4) is 0 Å². The zero-order valence-corrected chi connectivity index (χ0v) is 13.8. The fourth-order valence-corrected chi connectivity index (χ4v) is 2.23. The Hall–Kier alpha value is -1.61. The highest BCUT2D eigenvalue weighted by molar-refractivity contribution is 5.81. The first-order valence-corrected chi connectivity index (χ1v) is 7.59. The van der Waals surface area contributed by atoms with Crippen molar-refractivity contribution in [2.75, 3.05) is 6.61 Å². The molecule has 1 aliphatic carbocycles. The van der Waals surface area contributed by atoms with Crippen LogP contribution in [0.4, 0.5) is 18.0 Å². The molecule has 0 bridgehead atoms. The maximum Gasteiger partial charge on any atom is 0.429 e. The van der Waals surface area contributed by atoms with Crippen LogP contribution in [0.2, 0.25) is 0 Å². The fraction of sp³-hybridized carbons (Fsp3) is 0.733. The van der Waals surface area contributed by atoms with Gasteiger partial charge in [-0.1, -0.05) is 0 Å². The van der Waals surface area contributed by atoms with Gasteiger partial charge in [-0.3, -0.25) is 4.79 Å². The Bertz CT molecular complexity index is 536. The monoisotopic (exact) mass is 350 g/mol. The van der Waals surface area contributed by atoms with Gasteiger partial charge in [0.1, 0.15) is 18.4 Å². The van der Waals surface area contributed by atoms with Crippen LogP contribution in [0, 0.1) is 5.41 Å². The highest BCUT2D eigenvalue weighted by Crippen LogP contribution is 2.60. The van der Waals surface area contributed by atoms with E-state index in [4.69, 9.17) is 9.47 Å². The normalized spacial score (nSPS) is 22.6. The molecule has 1 fully saturated rings. The highest BCUT2D eigenvalue weighted by Gasteiger charge is 2.63. The third-order valence-corrected chi connectivity index (χ3v) is 3.68. The first kappa shape index (κ1) is 18.7. The number of rotatable bonds is 5. The third kappa shape index (κ3) is 4.70. The van der Waals surface area contributed by atoms with E-state index >= 15 is 0 Å². The van der Waals surface area contributed by atoms with Crippen LogP contribution in [0.15, 0.2) is 12.3 Å². The molecule has 1 saturated carbocycles. The van der Waals surface area contributed by atoms with E-state index in [0.717, 1.165) is 5.01 Å². The number of halogens is 3. The molecule has 0 aromatic carbocycles. The molecule has 0 saturated heterocycles. The molecule has 2 aliphatic rings. The molecular weight excluding hydrogens is 329 g/mol. The molecule has 0 aromatic rings. The van der Waals surface area contributed by atoms with Gasteiger partial charge in [0.2, 0.25) is 0 Å². The van der Waals surface area contributed by atoms with Gasteiger partial charge >= 0.3 is 12.3 Å². The van der Waals surface area contributed by atoms with Gasteiger partial charge in [0, 0.05) is 12.6 Å². The maximum atomic E-state index is 12.8. The van der Waals surface area contributed by atoms with Gasteiger partial charge in [-0.05, 0) is 39.7 Å². The van der Waals surface area contributed by atoms with Crippen LogP contribution in [0.5, 0.6) is 0 Å². The molecule has 24 heavy (non-hydrogen) atoms. The summed E-state index contributed by atoms with van der Waals surface area (Å²) in [5.41, 5.74) is 0.0933. The van der Waals surface area contributed by atoms with Gasteiger partial charge in [0.15, 0.2) is 5.78 Å². The van der Waals surface area contributed by atoms with Crippen LogP contribution in [0.25, 0.3) is 0 Å². The lowest BCUT2D eigenvalue weighted by Crippen LogP contribution is -2.43. The summed E-state index contributed by atoms with van der Waals surface area (Å²) in [4.78, 5) is 23.5. The molecule has 2 rings (SSSR count). The number of amides is 1. The van der Waals surface area contributed by atoms with E-state index in [-0.39, 0.29) is 12.8 Å². The number of nitrogens with one attached hydrogen (secondary N) is 1. The van der Waals surface area contributed by atoms with E-state index in [1.807, 2.05) is 0 Å². The van der Waals surface area contributed by atoms with Gasteiger partial charge < -0.3 is 9.47 Å². The average molecular weight is 350 g/mol. The zero-order valence-electron chi connectivity index (χ0n) is 13.8. The maximum absolute atomic E-state index is 12.8. The van der Waals surface area contributed by atoms with E-state index in [9.17, 15) is 22.8 Å². The second kappa shape index (κ2) is 6.36. The molecule has 1 amide bonds. The Balaban J connectivity index is 1.74. The Morgan fingerprint density at radius 3 is 2.42 bits per heavy atom. The van der Waals surface area contributed by atoms with E-state index in [0.29, 0.717) is 0 Å².